The van der Waals surface area contributed by atoms with Crippen molar-refractivity contribution in [3.8, 4) is 0 Å². The lowest BCUT2D eigenvalue weighted by Crippen LogP contribution is -2.50. The maximum Gasteiger partial charge on any atom is 0.348 e. The van der Waals surface area contributed by atoms with Crippen LogP contribution in [0.25, 0.3) is 0 Å². The van der Waals surface area contributed by atoms with Gasteiger partial charge in [0, 0.05) is 19.3 Å². The first kappa shape index (κ1) is 25.0. The second-order valence-electron chi connectivity index (χ2n) is 7.80. The lowest BCUT2D eigenvalue weighted by Gasteiger charge is -2.28. The average Bonchev–Trinajstić information content (AvgIpc) is 2.70. The minimum Gasteiger partial charge on any atom is -0.359 e. The van der Waals surface area contributed by atoms with Gasteiger partial charge in [-0.1, -0.05) is 58.0 Å². The Labute approximate surface area is 177 Å². The number of benzene rings is 1. The maximum atomic E-state index is 13.0. The summed E-state index contributed by atoms with van der Waals surface area (Å²) in [4.78, 5) is 37.7. The fourth-order valence-corrected chi connectivity index (χ4v) is 4.04. The van der Waals surface area contributed by atoms with E-state index in [0.717, 1.165) is 5.56 Å². The molecule has 0 aromatic heterocycles. The summed E-state index contributed by atoms with van der Waals surface area (Å²) in [6.45, 7) is 8.08. The molecule has 0 fully saturated rings. The van der Waals surface area contributed by atoms with E-state index < -0.39 is 23.1 Å². The minimum absolute atomic E-state index is 0.112. The van der Waals surface area contributed by atoms with Gasteiger partial charge >= 0.3 is 6.03 Å². The second kappa shape index (κ2) is 12.5. The molecule has 1 aromatic rings. The summed E-state index contributed by atoms with van der Waals surface area (Å²) in [5.74, 6) is -0.939. The van der Waals surface area contributed by atoms with Crippen LogP contribution in [0.3, 0.4) is 0 Å². The molecule has 0 aliphatic rings. The van der Waals surface area contributed by atoms with E-state index in [1.54, 1.807) is 0 Å². The van der Waals surface area contributed by atoms with Gasteiger partial charge in [-0.25, -0.2) is 4.79 Å². The van der Waals surface area contributed by atoms with E-state index in [1.165, 1.54) is 18.8 Å². The van der Waals surface area contributed by atoms with Crippen molar-refractivity contribution in [1.82, 2.24) is 15.7 Å². The standard InChI is InChI=1S/C21H33N3O4S/c1-14(2)11-17(19(25)22-5)18(29-13-16-9-7-6-8-10-16)20(26)24(28)21(27)23-12-15(3)4/h6-10,14-15,17-18,28H,11-13H2,1-5H3,(H,22,25)(H,23,27)/t17-,18?/m0/s1. The lowest BCUT2D eigenvalue weighted by molar-refractivity contribution is -0.154. The molecule has 1 rings (SSSR count). The summed E-state index contributed by atoms with van der Waals surface area (Å²) in [6, 6.07) is 8.67. The van der Waals surface area contributed by atoms with Crippen molar-refractivity contribution in [2.24, 2.45) is 17.8 Å². The summed E-state index contributed by atoms with van der Waals surface area (Å²) in [5.41, 5.74) is 0.990. The zero-order valence-corrected chi connectivity index (χ0v) is 18.7. The first-order chi connectivity index (χ1) is 13.7. The molecule has 1 aromatic carbocycles. The predicted molar refractivity (Wildman–Crippen MR) is 115 cm³/mol. The van der Waals surface area contributed by atoms with Crippen molar-refractivity contribution in [3.05, 3.63) is 35.9 Å². The highest BCUT2D eigenvalue weighted by Crippen LogP contribution is 2.30. The normalized spacial score (nSPS) is 13.1. The third-order valence-corrected chi connectivity index (χ3v) is 5.64. The molecule has 162 valence electrons. The molecule has 0 heterocycles. The van der Waals surface area contributed by atoms with Crippen LogP contribution >= 0.6 is 11.8 Å². The second-order valence-corrected chi connectivity index (χ2v) is 8.93. The Hall–Kier alpha value is -2.06. The van der Waals surface area contributed by atoms with E-state index in [4.69, 9.17) is 0 Å². The predicted octanol–water partition coefficient (Wildman–Crippen LogP) is 3.28. The fraction of sp³-hybridized carbons (Fsp3) is 0.571. The van der Waals surface area contributed by atoms with Gasteiger partial charge in [0.05, 0.1) is 11.2 Å². The zero-order chi connectivity index (χ0) is 22.0. The number of hydrogen-bond acceptors (Lipinski definition) is 5. The van der Waals surface area contributed by atoms with Gasteiger partial charge in [-0.2, -0.15) is 0 Å². The van der Waals surface area contributed by atoms with Gasteiger partial charge in [0.25, 0.3) is 5.91 Å². The molecule has 29 heavy (non-hydrogen) atoms. The Balaban J connectivity index is 3.06. The number of amides is 4. The van der Waals surface area contributed by atoms with Crippen LogP contribution in [-0.2, 0) is 15.3 Å². The molecule has 0 radical (unpaired) electrons. The molecule has 0 aliphatic carbocycles. The number of rotatable bonds is 10. The van der Waals surface area contributed by atoms with Crippen LogP contribution in [0.2, 0.25) is 0 Å². The molecule has 0 spiro atoms. The van der Waals surface area contributed by atoms with Crippen molar-refractivity contribution >= 4 is 29.6 Å². The highest BCUT2D eigenvalue weighted by Gasteiger charge is 2.38. The Morgan fingerprint density at radius 2 is 1.69 bits per heavy atom. The molecular weight excluding hydrogens is 390 g/mol. The van der Waals surface area contributed by atoms with E-state index in [2.05, 4.69) is 10.6 Å². The van der Waals surface area contributed by atoms with Crippen LogP contribution in [0.15, 0.2) is 30.3 Å². The zero-order valence-electron chi connectivity index (χ0n) is 17.8. The molecule has 3 N–H and O–H groups in total. The quantitative estimate of drug-likeness (QED) is 0.396. The van der Waals surface area contributed by atoms with Crippen LogP contribution < -0.4 is 10.6 Å². The summed E-state index contributed by atoms with van der Waals surface area (Å²) >= 11 is 1.25. The van der Waals surface area contributed by atoms with Crippen molar-refractivity contribution in [2.75, 3.05) is 13.6 Å². The minimum atomic E-state index is -0.896. The van der Waals surface area contributed by atoms with Crippen LogP contribution in [0, 0.1) is 17.8 Å². The van der Waals surface area contributed by atoms with E-state index in [0.29, 0.717) is 18.7 Å². The number of imide groups is 1. The molecule has 0 bridgehead atoms. The van der Waals surface area contributed by atoms with Crippen molar-refractivity contribution in [3.63, 3.8) is 0 Å². The summed E-state index contributed by atoms with van der Waals surface area (Å²) in [6.07, 6.45) is 0.458. The van der Waals surface area contributed by atoms with Gasteiger partial charge < -0.3 is 10.6 Å². The number of carbonyl (C=O) groups is 3. The number of nitrogens with one attached hydrogen (secondary N) is 2. The van der Waals surface area contributed by atoms with Crippen LogP contribution in [0.5, 0.6) is 0 Å². The van der Waals surface area contributed by atoms with Gasteiger partial charge in [0.1, 0.15) is 0 Å². The van der Waals surface area contributed by atoms with E-state index >= 15 is 0 Å². The number of nitrogens with zero attached hydrogens (tertiary/aromatic N) is 1. The van der Waals surface area contributed by atoms with E-state index in [1.807, 2.05) is 58.0 Å². The Bertz CT molecular complexity index is 667. The highest BCUT2D eigenvalue weighted by atomic mass is 32.2. The largest absolute Gasteiger partial charge is 0.359 e. The molecule has 0 saturated heterocycles. The van der Waals surface area contributed by atoms with Crippen molar-refractivity contribution in [2.45, 2.75) is 45.1 Å². The summed E-state index contributed by atoms with van der Waals surface area (Å²) < 4.78 is 0. The maximum absolute atomic E-state index is 13.0. The van der Waals surface area contributed by atoms with Crippen LogP contribution in [0.1, 0.15) is 39.7 Å². The molecule has 0 saturated carbocycles. The monoisotopic (exact) mass is 423 g/mol. The lowest BCUT2D eigenvalue weighted by atomic mass is 9.92. The fourth-order valence-electron chi connectivity index (χ4n) is 2.77. The van der Waals surface area contributed by atoms with Gasteiger partial charge in [-0.15, -0.1) is 16.8 Å². The first-order valence-corrected chi connectivity index (χ1v) is 10.9. The molecule has 7 nitrogen and oxygen atoms in total. The van der Waals surface area contributed by atoms with Crippen LogP contribution in [-0.4, -0.2) is 47.0 Å². The third kappa shape index (κ3) is 8.45. The molecule has 2 atom stereocenters. The average molecular weight is 424 g/mol. The number of hydrogen-bond donors (Lipinski definition) is 3. The smallest absolute Gasteiger partial charge is 0.348 e. The molecule has 1 unspecified atom stereocenters. The third-order valence-electron chi connectivity index (χ3n) is 4.25. The van der Waals surface area contributed by atoms with E-state index in [-0.39, 0.29) is 22.8 Å². The van der Waals surface area contributed by atoms with Crippen LogP contribution in [0.4, 0.5) is 4.79 Å². The Morgan fingerprint density at radius 3 is 2.21 bits per heavy atom. The summed E-state index contributed by atoms with van der Waals surface area (Å²) in [5, 5.41) is 14.6. The number of carbonyl (C=O) groups excluding carboxylic acids is 3. The topological polar surface area (TPSA) is 98.7 Å². The SMILES string of the molecule is CNC(=O)[C@@H](CC(C)C)C(SCc1ccccc1)C(=O)N(O)C(=O)NCC(C)C. The molecular formula is C21H33N3O4S. The van der Waals surface area contributed by atoms with Crippen molar-refractivity contribution < 1.29 is 19.6 Å². The van der Waals surface area contributed by atoms with Gasteiger partial charge in [-0.05, 0) is 23.8 Å². The summed E-state index contributed by atoms with van der Waals surface area (Å²) in [7, 11) is 1.52. The Morgan fingerprint density at radius 1 is 1.07 bits per heavy atom. The Kier molecular flexibility index (Phi) is 10.8. The molecule has 0 aliphatic heterocycles. The highest BCUT2D eigenvalue weighted by molar-refractivity contribution is 7.99. The first-order valence-electron chi connectivity index (χ1n) is 9.85. The van der Waals surface area contributed by atoms with Gasteiger partial charge in [0.2, 0.25) is 5.91 Å². The number of thioether (sulfide) groups is 1. The van der Waals surface area contributed by atoms with E-state index in [9.17, 15) is 19.6 Å². The molecule has 8 heteroatoms. The van der Waals surface area contributed by atoms with Gasteiger partial charge in [-0.3, -0.25) is 14.8 Å². The number of hydroxylamine groups is 2. The number of urea groups is 1. The van der Waals surface area contributed by atoms with Gasteiger partial charge in [0.15, 0.2) is 0 Å². The van der Waals surface area contributed by atoms with Crippen molar-refractivity contribution in [1.29, 1.82) is 0 Å². The molecule has 4 amide bonds.